The maximum Gasteiger partial charge on any atom is 0.242 e. The Kier molecular flexibility index (Phi) is 8.53. The molecule has 2 aromatic carbocycles. The van der Waals surface area contributed by atoms with E-state index in [1.54, 1.807) is 12.1 Å². The highest BCUT2D eigenvalue weighted by molar-refractivity contribution is 7.89. The highest BCUT2D eigenvalue weighted by Gasteiger charge is 2.26. The van der Waals surface area contributed by atoms with E-state index in [4.69, 9.17) is 16.3 Å². The summed E-state index contributed by atoms with van der Waals surface area (Å²) in [7, 11) is -0.478. The number of nitrogens with one attached hydrogen (secondary N) is 1. The van der Waals surface area contributed by atoms with Crippen molar-refractivity contribution in [1.82, 2.24) is 14.5 Å². The molecule has 7 nitrogen and oxygen atoms in total. The van der Waals surface area contributed by atoms with Gasteiger partial charge in [0.05, 0.1) is 17.4 Å². The van der Waals surface area contributed by atoms with Crippen molar-refractivity contribution in [3.63, 3.8) is 0 Å². The van der Waals surface area contributed by atoms with Crippen LogP contribution in [0.1, 0.15) is 18.4 Å². The lowest BCUT2D eigenvalue weighted by Gasteiger charge is -2.32. The third-order valence-electron chi connectivity index (χ3n) is 5.50. The minimum absolute atomic E-state index is 0.0323. The van der Waals surface area contributed by atoms with Gasteiger partial charge in [-0.15, -0.1) is 0 Å². The predicted molar refractivity (Wildman–Crippen MR) is 125 cm³/mol. The number of sulfonamides is 1. The number of rotatable bonds is 9. The van der Waals surface area contributed by atoms with Gasteiger partial charge in [0.15, 0.2) is 0 Å². The first-order chi connectivity index (χ1) is 15.3. The van der Waals surface area contributed by atoms with Gasteiger partial charge in [-0.1, -0.05) is 29.8 Å². The standard InChI is InChI=1S/C23H30ClN3O4S/c1-26(2)32(29,30)21-11-9-20(10-12-21)31-15-13-25-23(28)19-7-5-14-27(17-19)16-18-6-3-4-8-22(18)24/h3-4,6,8-12,19H,5,7,13-17H2,1-2H3,(H,25,28)/t19-/m0/s1. The van der Waals surface area contributed by atoms with Crippen LogP contribution in [0.15, 0.2) is 53.4 Å². The number of ether oxygens (including phenoxy) is 1. The summed E-state index contributed by atoms with van der Waals surface area (Å²) in [6.45, 7) is 3.10. The third-order valence-corrected chi connectivity index (χ3v) is 7.70. The number of hydrogen-bond acceptors (Lipinski definition) is 5. The molecule has 2 aromatic rings. The number of halogens is 1. The second-order valence-electron chi connectivity index (χ2n) is 8.06. The highest BCUT2D eigenvalue weighted by Crippen LogP contribution is 2.22. The Morgan fingerprint density at radius 3 is 2.59 bits per heavy atom. The number of likely N-dealkylation sites (tertiary alicyclic amines) is 1. The molecule has 1 fully saturated rings. The molecule has 0 unspecified atom stereocenters. The second-order valence-corrected chi connectivity index (χ2v) is 10.6. The first-order valence-electron chi connectivity index (χ1n) is 10.7. The van der Waals surface area contributed by atoms with Crippen LogP contribution in [0, 0.1) is 5.92 Å². The van der Waals surface area contributed by atoms with Crippen LogP contribution in [0.3, 0.4) is 0 Å². The second kappa shape index (κ2) is 11.1. The van der Waals surface area contributed by atoms with Gasteiger partial charge in [-0.05, 0) is 55.3 Å². The van der Waals surface area contributed by atoms with Gasteiger partial charge in [-0.3, -0.25) is 9.69 Å². The summed E-state index contributed by atoms with van der Waals surface area (Å²) in [5.41, 5.74) is 1.08. The first kappa shape index (κ1) is 24.5. The molecule has 0 aliphatic carbocycles. The molecule has 1 saturated heterocycles. The zero-order valence-corrected chi connectivity index (χ0v) is 20.0. The van der Waals surface area contributed by atoms with E-state index in [0.717, 1.165) is 36.5 Å². The lowest BCUT2D eigenvalue weighted by atomic mass is 9.96. The van der Waals surface area contributed by atoms with Gasteiger partial charge in [-0.2, -0.15) is 0 Å². The largest absolute Gasteiger partial charge is 0.492 e. The quantitative estimate of drug-likeness (QED) is 0.559. The summed E-state index contributed by atoms with van der Waals surface area (Å²) in [5.74, 6) is 0.534. The first-order valence-corrected chi connectivity index (χ1v) is 12.5. The monoisotopic (exact) mass is 479 g/mol. The van der Waals surface area contributed by atoms with Crippen LogP contribution in [0.25, 0.3) is 0 Å². The highest BCUT2D eigenvalue weighted by atomic mass is 35.5. The maximum atomic E-state index is 12.6. The van der Waals surface area contributed by atoms with Gasteiger partial charge in [0.1, 0.15) is 12.4 Å². The van der Waals surface area contributed by atoms with Crippen molar-refractivity contribution in [2.45, 2.75) is 24.3 Å². The minimum atomic E-state index is -3.46. The molecular formula is C23H30ClN3O4S. The van der Waals surface area contributed by atoms with E-state index in [1.165, 1.54) is 30.5 Å². The van der Waals surface area contributed by atoms with Crippen LogP contribution in [0.2, 0.25) is 5.02 Å². The molecule has 1 amide bonds. The van der Waals surface area contributed by atoms with Crippen LogP contribution in [0.4, 0.5) is 0 Å². The number of benzene rings is 2. The van der Waals surface area contributed by atoms with Crippen molar-refractivity contribution in [1.29, 1.82) is 0 Å². The van der Waals surface area contributed by atoms with Crippen molar-refractivity contribution in [2.24, 2.45) is 5.92 Å². The van der Waals surface area contributed by atoms with E-state index in [-0.39, 0.29) is 16.7 Å². The fourth-order valence-electron chi connectivity index (χ4n) is 3.69. The lowest BCUT2D eigenvalue weighted by molar-refractivity contribution is -0.126. The molecule has 174 valence electrons. The van der Waals surface area contributed by atoms with Gasteiger partial charge in [0.2, 0.25) is 15.9 Å². The van der Waals surface area contributed by atoms with Crippen molar-refractivity contribution < 1.29 is 17.9 Å². The Bertz CT molecular complexity index is 1010. The topological polar surface area (TPSA) is 79.0 Å². The zero-order valence-electron chi connectivity index (χ0n) is 18.5. The molecule has 0 bridgehead atoms. The van der Waals surface area contributed by atoms with E-state index >= 15 is 0 Å². The molecule has 0 radical (unpaired) electrons. The minimum Gasteiger partial charge on any atom is -0.492 e. The molecule has 0 spiro atoms. The normalized spacial score (nSPS) is 17.3. The molecule has 1 atom stereocenters. The third kappa shape index (κ3) is 6.45. The smallest absolute Gasteiger partial charge is 0.242 e. The molecule has 0 aromatic heterocycles. The number of amides is 1. The molecule has 32 heavy (non-hydrogen) atoms. The lowest BCUT2D eigenvalue weighted by Crippen LogP contribution is -2.43. The summed E-state index contributed by atoms with van der Waals surface area (Å²) in [6.07, 6.45) is 1.84. The number of carbonyl (C=O) groups is 1. The summed E-state index contributed by atoms with van der Waals surface area (Å²) < 4.78 is 31.0. The van der Waals surface area contributed by atoms with Gasteiger partial charge in [0.25, 0.3) is 0 Å². The number of piperidine rings is 1. The van der Waals surface area contributed by atoms with E-state index in [9.17, 15) is 13.2 Å². The average molecular weight is 480 g/mol. The Morgan fingerprint density at radius 2 is 1.91 bits per heavy atom. The zero-order chi connectivity index (χ0) is 23.1. The predicted octanol–water partition coefficient (Wildman–Crippen LogP) is 3.00. The Balaban J connectivity index is 1.42. The molecule has 1 aliphatic heterocycles. The Hall–Kier alpha value is -2.13. The van der Waals surface area contributed by atoms with Crippen molar-refractivity contribution >= 4 is 27.5 Å². The van der Waals surface area contributed by atoms with E-state index in [1.807, 2.05) is 24.3 Å². The SMILES string of the molecule is CN(C)S(=O)(=O)c1ccc(OCCNC(=O)[C@H]2CCCN(Cc3ccccc3Cl)C2)cc1. The summed E-state index contributed by atoms with van der Waals surface area (Å²) >= 11 is 6.27. The van der Waals surface area contributed by atoms with Gasteiger partial charge in [-0.25, -0.2) is 12.7 Å². The molecule has 1 heterocycles. The van der Waals surface area contributed by atoms with E-state index < -0.39 is 10.0 Å². The molecular weight excluding hydrogens is 450 g/mol. The van der Waals surface area contributed by atoms with E-state index in [2.05, 4.69) is 10.2 Å². The maximum absolute atomic E-state index is 12.6. The van der Waals surface area contributed by atoms with Crippen molar-refractivity contribution in [2.75, 3.05) is 40.3 Å². The van der Waals surface area contributed by atoms with Crippen LogP contribution in [0.5, 0.6) is 5.75 Å². The fraction of sp³-hybridized carbons (Fsp3) is 0.435. The molecule has 0 saturated carbocycles. The van der Waals surface area contributed by atoms with Crippen LogP contribution >= 0.6 is 11.6 Å². The number of hydrogen-bond donors (Lipinski definition) is 1. The van der Waals surface area contributed by atoms with Crippen LogP contribution in [-0.2, 0) is 21.4 Å². The summed E-state index contributed by atoms with van der Waals surface area (Å²) in [4.78, 5) is 15.1. The summed E-state index contributed by atoms with van der Waals surface area (Å²) in [5, 5.41) is 3.70. The molecule has 9 heteroatoms. The van der Waals surface area contributed by atoms with Crippen LogP contribution < -0.4 is 10.1 Å². The van der Waals surface area contributed by atoms with E-state index in [0.29, 0.717) is 25.4 Å². The Labute approximate surface area is 195 Å². The summed E-state index contributed by atoms with van der Waals surface area (Å²) in [6, 6.07) is 14.1. The van der Waals surface area contributed by atoms with Crippen molar-refractivity contribution in [3.05, 3.63) is 59.1 Å². The molecule has 1 aliphatic rings. The van der Waals surface area contributed by atoms with Gasteiger partial charge < -0.3 is 10.1 Å². The van der Waals surface area contributed by atoms with Crippen molar-refractivity contribution in [3.8, 4) is 5.75 Å². The molecule has 3 rings (SSSR count). The molecule has 1 N–H and O–H groups in total. The fourth-order valence-corrected chi connectivity index (χ4v) is 4.78. The van der Waals surface area contributed by atoms with Gasteiger partial charge in [0, 0.05) is 32.2 Å². The average Bonchev–Trinajstić information content (AvgIpc) is 2.78. The number of nitrogens with zero attached hydrogens (tertiary/aromatic N) is 2. The van der Waals surface area contributed by atoms with Gasteiger partial charge >= 0.3 is 0 Å². The number of carbonyl (C=O) groups excluding carboxylic acids is 1. The Morgan fingerprint density at radius 1 is 1.19 bits per heavy atom. The van der Waals surface area contributed by atoms with Crippen LogP contribution in [-0.4, -0.2) is 63.9 Å².